The molecule has 0 atom stereocenters. The van der Waals surface area contributed by atoms with Gasteiger partial charge in [-0.1, -0.05) is 130 Å². The number of benzene rings is 4. The predicted molar refractivity (Wildman–Crippen MR) is 356 cm³/mol. The molecule has 1 saturated heterocycles. The number of hydrogen-bond acceptors (Lipinski definition) is 7. The molecule has 0 amide bonds. The summed E-state index contributed by atoms with van der Waals surface area (Å²) >= 11 is 0. The molecule has 0 bridgehead atoms. The number of hydrogen-bond donors (Lipinski definition) is 0. The highest BCUT2D eigenvalue weighted by Crippen LogP contribution is 2.44. The number of ether oxygens (including phenoxy) is 1. The lowest BCUT2D eigenvalue weighted by Gasteiger charge is -2.38. The molecule has 3 aliphatic rings. The summed E-state index contributed by atoms with van der Waals surface area (Å²) in [6, 6.07) is 29.5. The maximum absolute atomic E-state index is 11.8. The van der Waals surface area contributed by atoms with Crippen LogP contribution in [0.2, 0.25) is 39.3 Å². The first kappa shape index (κ1) is 66.5. The average molecular weight is 1170 g/mol. The molecule has 0 radical (unpaired) electrons. The van der Waals surface area contributed by atoms with Crippen molar-refractivity contribution in [3.05, 3.63) is 152 Å². The topological polar surface area (TPSA) is 76.1 Å². The Morgan fingerprint density at radius 2 is 0.964 bits per heavy atom. The van der Waals surface area contributed by atoms with E-state index >= 15 is 0 Å². The number of aryl methyl sites for hydroxylation is 4. The van der Waals surface area contributed by atoms with E-state index in [1.165, 1.54) is 90.1 Å². The Morgan fingerprint density at radius 3 is 1.35 bits per heavy atom. The minimum Gasteiger partial charge on any atom is -0.469 e. The van der Waals surface area contributed by atoms with Crippen molar-refractivity contribution in [2.75, 3.05) is 7.11 Å². The van der Waals surface area contributed by atoms with Crippen LogP contribution in [0.4, 0.5) is 0 Å². The number of carbonyl (C=O) groups excluding carboxylic acids is 1. The summed E-state index contributed by atoms with van der Waals surface area (Å²) in [5.41, 5.74) is 15.1. The molecule has 1 aliphatic heterocycles. The first-order valence-electron chi connectivity index (χ1n) is 31.8. The van der Waals surface area contributed by atoms with E-state index in [9.17, 15) is 4.79 Å². The summed E-state index contributed by atoms with van der Waals surface area (Å²) < 4.78 is 31.1. The Labute approximate surface area is 511 Å². The van der Waals surface area contributed by atoms with Crippen LogP contribution < -0.4 is 5.46 Å². The molecule has 10 heteroatoms. The molecule has 4 aromatic carbocycles. The van der Waals surface area contributed by atoms with Crippen molar-refractivity contribution in [1.82, 2.24) is 4.98 Å². The zero-order valence-electron chi connectivity index (χ0n) is 55.2. The highest BCUT2D eigenvalue weighted by molar-refractivity contribution is 6.70. The molecule has 450 valence electrons. The zero-order valence-corrected chi connectivity index (χ0v) is 57.2. The fraction of sp³-hybridized carbons (Fsp3) is 0.541. The Hall–Kier alpha value is -5.04. The van der Waals surface area contributed by atoms with Crippen LogP contribution >= 0.6 is 0 Å². The van der Waals surface area contributed by atoms with Crippen LogP contribution in [0.5, 0.6) is 0 Å². The van der Waals surface area contributed by atoms with Gasteiger partial charge in [0.05, 0.1) is 24.7 Å². The summed E-state index contributed by atoms with van der Waals surface area (Å²) in [5.74, 6) is 14.2. The highest BCUT2D eigenvalue weighted by atomic mass is 28.4. The maximum Gasteiger partial charge on any atom is 0.495 e. The van der Waals surface area contributed by atoms with Gasteiger partial charge < -0.3 is 22.9 Å². The monoisotopic (exact) mass is 1170 g/mol. The lowest BCUT2D eigenvalue weighted by molar-refractivity contribution is -0.139. The number of methoxy groups -OCH3 is 1. The quantitative estimate of drug-likeness (QED) is 0.0553. The molecular formula is C74H102BNO6Si2. The second-order valence-electron chi connectivity index (χ2n) is 27.7. The lowest BCUT2D eigenvalue weighted by atomic mass is 9.68. The van der Waals surface area contributed by atoms with Crippen LogP contribution in [0.15, 0.2) is 91.3 Å². The zero-order chi connectivity index (χ0) is 61.5. The van der Waals surface area contributed by atoms with Crippen LogP contribution in [0.3, 0.4) is 0 Å². The van der Waals surface area contributed by atoms with Crippen LogP contribution in [-0.2, 0) is 44.9 Å². The minimum absolute atomic E-state index is 0.0680. The number of esters is 1. The van der Waals surface area contributed by atoms with Gasteiger partial charge in [-0.3, -0.25) is 9.78 Å². The molecular weight excluding hydrogens is 1070 g/mol. The van der Waals surface area contributed by atoms with Crippen molar-refractivity contribution in [3.8, 4) is 34.8 Å². The van der Waals surface area contributed by atoms with Gasteiger partial charge in [0.15, 0.2) is 16.6 Å². The summed E-state index contributed by atoms with van der Waals surface area (Å²) in [6.07, 6.45) is 19.4. The second-order valence-corrected chi connectivity index (χ2v) is 36.6. The molecule has 3 fully saturated rings. The third-order valence-corrected chi connectivity index (χ3v) is 20.9. The second kappa shape index (κ2) is 26.9. The molecule has 8 rings (SSSR count). The summed E-state index contributed by atoms with van der Waals surface area (Å²) in [4.78, 5) is 16.2. The highest BCUT2D eigenvalue weighted by Gasteiger charge is 2.52. The smallest absolute Gasteiger partial charge is 0.469 e. The van der Waals surface area contributed by atoms with Crippen molar-refractivity contribution in [2.24, 2.45) is 0 Å². The molecule has 2 saturated carbocycles. The van der Waals surface area contributed by atoms with Gasteiger partial charge in [-0.25, -0.2) is 0 Å². The van der Waals surface area contributed by atoms with E-state index in [-0.39, 0.29) is 52.7 Å². The van der Waals surface area contributed by atoms with Gasteiger partial charge in [-0.15, -0.1) is 0 Å². The third kappa shape index (κ3) is 15.4. The lowest BCUT2D eigenvalue weighted by Crippen LogP contribution is -2.43. The van der Waals surface area contributed by atoms with Crippen LogP contribution in [-0.4, -0.2) is 64.2 Å². The number of rotatable bonds is 16. The molecule has 2 aliphatic carbocycles. The van der Waals surface area contributed by atoms with Crippen molar-refractivity contribution in [2.45, 2.75) is 252 Å². The van der Waals surface area contributed by atoms with Crippen LogP contribution in [0.25, 0.3) is 11.1 Å². The Balaban J connectivity index is 0.000000241. The fourth-order valence-corrected chi connectivity index (χ4v) is 16.3. The van der Waals surface area contributed by atoms with E-state index in [1.807, 2.05) is 12.3 Å². The molecule has 0 unspecified atom stereocenters. The SMILES string of the molecule is CCC(CC)(c1ccc(C#CC2(O[Si](C)(C)C)CCCCC2)c(C)c1)c1ccc(-c2cncc(CC(=O)OC)c2)c(C)c1.CCC(CC)(c1ccc(C#CC2(O[Si](C)(C)C)CCCCC2)c(C)c1)c1ccc(B2OC(C)(C)C(C)(C)O2)c(C)c1. The average Bonchev–Trinajstić information content (AvgIpc) is 1.84. The summed E-state index contributed by atoms with van der Waals surface area (Å²) in [7, 11) is -2.35. The Kier molecular flexibility index (Phi) is 21.3. The number of nitrogens with zero attached hydrogens (tertiary/aromatic N) is 1. The largest absolute Gasteiger partial charge is 0.495 e. The van der Waals surface area contributed by atoms with Crippen molar-refractivity contribution >= 4 is 35.2 Å². The van der Waals surface area contributed by atoms with E-state index in [0.717, 1.165) is 84.6 Å². The predicted octanol–water partition coefficient (Wildman–Crippen LogP) is 17.7. The van der Waals surface area contributed by atoms with Gasteiger partial charge in [-0.2, -0.15) is 0 Å². The van der Waals surface area contributed by atoms with E-state index in [4.69, 9.17) is 22.9 Å². The Bertz CT molecular complexity index is 3210. The maximum atomic E-state index is 11.8. The Morgan fingerprint density at radius 1 is 0.560 bits per heavy atom. The minimum atomic E-state index is -1.72. The number of carbonyl (C=O) groups is 1. The van der Waals surface area contributed by atoms with E-state index in [1.54, 1.807) is 6.20 Å². The normalized spacial score (nSPS) is 17.4. The molecule has 0 N–H and O–H groups in total. The first-order valence-corrected chi connectivity index (χ1v) is 38.6. The molecule has 84 heavy (non-hydrogen) atoms. The van der Waals surface area contributed by atoms with E-state index in [0.29, 0.717) is 0 Å². The van der Waals surface area contributed by atoms with Gasteiger partial charge in [0, 0.05) is 39.9 Å². The van der Waals surface area contributed by atoms with Gasteiger partial charge in [0.2, 0.25) is 0 Å². The molecule has 7 nitrogen and oxygen atoms in total. The molecule has 5 aromatic rings. The molecule has 0 spiro atoms. The van der Waals surface area contributed by atoms with Crippen molar-refractivity contribution in [1.29, 1.82) is 0 Å². The molecule has 1 aromatic heterocycles. The van der Waals surface area contributed by atoms with Crippen LogP contribution in [0, 0.1) is 51.4 Å². The van der Waals surface area contributed by atoms with Gasteiger partial charge in [-0.05, 0) is 245 Å². The first-order chi connectivity index (χ1) is 39.5. The summed E-state index contributed by atoms with van der Waals surface area (Å²) in [5, 5.41) is 0. The molecule has 2 heterocycles. The van der Waals surface area contributed by atoms with E-state index in [2.05, 4.69) is 224 Å². The summed E-state index contributed by atoms with van der Waals surface area (Å²) in [6.45, 7) is 40.1. The van der Waals surface area contributed by atoms with Gasteiger partial charge >= 0.3 is 13.1 Å². The van der Waals surface area contributed by atoms with E-state index < -0.39 is 16.6 Å². The van der Waals surface area contributed by atoms with Crippen LogP contribution in [0.1, 0.15) is 206 Å². The standard InChI is InChI=1S/C38H49NO3Si.C36H53BO3Si/c1-9-38(10-2,34-16-17-35(29(4)23-34)32-24-30(26-39-27-32)25-36(40)41-5)33-15-14-31(28(3)22-33)18-21-37(42-43(6,7)8)19-12-11-13-20-37;1-12-36(13-2,31-19-20-32(28(4)26-31)37-38-33(5,6)34(7,8)39-37)30-18-17-29(27(3)25-30)21-24-35(40-41(9,10)11)22-15-14-16-23-35/h14-17,22-24,26-27H,9-13,19-20,25H2,1-8H3;17-20,25-26H,12-16,22-23H2,1-11H3. The number of pyridine rings is 1. The van der Waals surface area contributed by atoms with Gasteiger partial charge in [0.1, 0.15) is 11.2 Å². The van der Waals surface area contributed by atoms with Crippen molar-refractivity contribution < 1.29 is 27.7 Å². The number of aromatic nitrogens is 1. The fourth-order valence-electron chi connectivity index (χ4n) is 13.4. The van der Waals surface area contributed by atoms with Crippen molar-refractivity contribution in [3.63, 3.8) is 0 Å². The third-order valence-electron chi connectivity index (χ3n) is 18.9. The van der Waals surface area contributed by atoms with Gasteiger partial charge in [0.25, 0.3) is 0 Å².